The smallest absolute Gasteiger partial charge is 0.264 e. The summed E-state index contributed by atoms with van der Waals surface area (Å²) in [6, 6.07) is 14.8. The van der Waals surface area contributed by atoms with Crippen LogP contribution < -0.4 is 5.32 Å². The molecule has 5 heteroatoms. The molecule has 0 aliphatic carbocycles. The standard InChI is InChI=1S/C15H10Cl2N2O/c16-10-6-7-12-11(8-10)13(9-4-2-1-3-5-9)19-14(17)15(20)18-12/h1-8,14H,(H,18,20)/t14-/m1/s1. The summed E-state index contributed by atoms with van der Waals surface area (Å²) < 4.78 is 0. The quantitative estimate of drug-likeness (QED) is 0.633. The molecular formula is C15H10Cl2N2O. The van der Waals surface area contributed by atoms with Crippen LogP contribution in [0.4, 0.5) is 5.69 Å². The molecule has 1 atom stereocenters. The van der Waals surface area contributed by atoms with Gasteiger partial charge in [0.25, 0.3) is 5.91 Å². The third kappa shape index (κ3) is 2.42. The van der Waals surface area contributed by atoms with Crippen LogP contribution in [0.3, 0.4) is 0 Å². The summed E-state index contributed by atoms with van der Waals surface area (Å²) in [5.74, 6) is -0.346. The monoisotopic (exact) mass is 304 g/mol. The van der Waals surface area contributed by atoms with Gasteiger partial charge < -0.3 is 5.32 Å². The molecule has 1 aliphatic heterocycles. The number of rotatable bonds is 1. The number of alkyl halides is 1. The Morgan fingerprint density at radius 3 is 2.60 bits per heavy atom. The van der Waals surface area contributed by atoms with E-state index in [1.165, 1.54) is 0 Å². The maximum absolute atomic E-state index is 11.9. The van der Waals surface area contributed by atoms with Crippen molar-refractivity contribution in [1.29, 1.82) is 0 Å². The second kappa shape index (κ2) is 5.27. The first kappa shape index (κ1) is 13.2. The van der Waals surface area contributed by atoms with Crippen molar-refractivity contribution in [2.75, 3.05) is 5.32 Å². The third-order valence-corrected chi connectivity index (χ3v) is 3.53. The van der Waals surface area contributed by atoms with Gasteiger partial charge in [-0.25, -0.2) is 0 Å². The van der Waals surface area contributed by atoms with Crippen molar-refractivity contribution in [1.82, 2.24) is 0 Å². The molecule has 1 amide bonds. The summed E-state index contributed by atoms with van der Waals surface area (Å²) in [5, 5.41) is 3.33. The maximum Gasteiger partial charge on any atom is 0.264 e. The minimum Gasteiger partial charge on any atom is -0.322 e. The zero-order valence-corrected chi connectivity index (χ0v) is 11.8. The highest BCUT2D eigenvalue weighted by atomic mass is 35.5. The number of hydrogen-bond acceptors (Lipinski definition) is 2. The number of nitrogens with zero attached hydrogens (tertiary/aromatic N) is 1. The van der Waals surface area contributed by atoms with E-state index in [2.05, 4.69) is 10.3 Å². The molecule has 0 bridgehead atoms. The number of halogens is 2. The molecule has 0 fully saturated rings. The van der Waals surface area contributed by atoms with Gasteiger partial charge in [0, 0.05) is 16.1 Å². The first-order valence-electron chi connectivity index (χ1n) is 6.03. The Kier molecular flexibility index (Phi) is 3.47. The average Bonchev–Trinajstić information content (AvgIpc) is 2.58. The Morgan fingerprint density at radius 1 is 1.10 bits per heavy atom. The fourth-order valence-electron chi connectivity index (χ4n) is 2.08. The number of anilines is 1. The summed E-state index contributed by atoms with van der Waals surface area (Å²) in [6.45, 7) is 0. The van der Waals surface area contributed by atoms with Gasteiger partial charge in [-0.05, 0) is 18.2 Å². The van der Waals surface area contributed by atoms with E-state index in [-0.39, 0.29) is 5.91 Å². The fourth-order valence-corrected chi connectivity index (χ4v) is 2.41. The van der Waals surface area contributed by atoms with Crippen LogP contribution in [0.2, 0.25) is 5.02 Å². The molecule has 0 spiro atoms. The minimum atomic E-state index is -0.962. The van der Waals surface area contributed by atoms with E-state index < -0.39 is 5.50 Å². The molecule has 100 valence electrons. The molecular weight excluding hydrogens is 295 g/mol. The van der Waals surface area contributed by atoms with Crippen molar-refractivity contribution in [2.45, 2.75) is 5.50 Å². The molecule has 2 aromatic carbocycles. The van der Waals surface area contributed by atoms with Gasteiger partial charge in [0.1, 0.15) is 0 Å². The second-order valence-corrected chi connectivity index (χ2v) is 5.21. The molecule has 1 heterocycles. The van der Waals surface area contributed by atoms with Crippen molar-refractivity contribution >= 4 is 40.5 Å². The summed E-state index contributed by atoms with van der Waals surface area (Å²) in [4.78, 5) is 16.2. The lowest BCUT2D eigenvalue weighted by Gasteiger charge is -2.10. The summed E-state index contributed by atoms with van der Waals surface area (Å²) in [6.07, 6.45) is 0. The number of hydrogen-bond donors (Lipinski definition) is 1. The Hall–Kier alpha value is -1.84. The van der Waals surface area contributed by atoms with E-state index in [4.69, 9.17) is 23.2 Å². The first-order chi connectivity index (χ1) is 9.65. The number of benzene rings is 2. The van der Waals surface area contributed by atoms with Gasteiger partial charge in [-0.3, -0.25) is 9.79 Å². The Balaban J connectivity index is 2.23. The normalized spacial score (nSPS) is 17.8. The predicted molar refractivity (Wildman–Crippen MR) is 81.8 cm³/mol. The van der Waals surface area contributed by atoms with Crippen LogP contribution in [0.25, 0.3) is 0 Å². The number of aliphatic imine (C=N–C) groups is 1. The summed E-state index contributed by atoms with van der Waals surface area (Å²) >= 11 is 12.1. The molecule has 3 nitrogen and oxygen atoms in total. The summed E-state index contributed by atoms with van der Waals surface area (Å²) in [5.41, 5.74) is 2.00. The molecule has 20 heavy (non-hydrogen) atoms. The van der Waals surface area contributed by atoms with E-state index in [1.807, 2.05) is 30.3 Å². The van der Waals surface area contributed by atoms with Gasteiger partial charge in [-0.2, -0.15) is 0 Å². The molecule has 1 N–H and O–H groups in total. The maximum atomic E-state index is 11.9. The SMILES string of the molecule is O=C1Nc2ccc(Cl)cc2C(c2ccccc2)=N[C@H]1Cl. The number of fused-ring (bicyclic) bond motifs is 1. The van der Waals surface area contributed by atoms with Gasteiger partial charge in [0.2, 0.25) is 5.50 Å². The van der Waals surface area contributed by atoms with Gasteiger partial charge >= 0.3 is 0 Å². The molecule has 2 aromatic rings. The van der Waals surface area contributed by atoms with Gasteiger partial charge in [-0.15, -0.1) is 0 Å². The molecule has 0 radical (unpaired) electrons. The lowest BCUT2D eigenvalue weighted by atomic mass is 10.0. The van der Waals surface area contributed by atoms with E-state index >= 15 is 0 Å². The van der Waals surface area contributed by atoms with Crippen LogP contribution >= 0.6 is 23.2 Å². The topological polar surface area (TPSA) is 41.5 Å². The zero-order chi connectivity index (χ0) is 14.1. The predicted octanol–water partition coefficient (Wildman–Crippen LogP) is 3.69. The molecule has 0 unspecified atom stereocenters. The molecule has 0 aromatic heterocycles. The van der Waals surface area contributed by atoms with Crippen LogP contribution in [0.15, 0.2) is 53.5 Å². The van der Waals surface area contributed by atoms with Gasteiger partial charge in [0.15, 0.2) is 0 Å². The van der Waals surface area contributed by atoms with Crippen LogP contribution in [0.1, 0.15) is 11.1 Å². The number of carbonyl (C=O) groups is 1. The van der Waals surface area contributed by atoms with Crippen molar-refractivity contribution in [3.8, 4) is 0 Å². The lowest BCUT2D eigenvalue weighted by Crippen LogP contribution is -2.20. The number of benzodiazepines with no additional fused rings is 1. The molecule has 1 aliphatic rings. The Bertz CT molecular complexity index is 698. The van der Waals surface area contributed by atoms with Crippen molar-refractivity contribution in [3.63, 3.8) is 0 Å². The van der Waals surface area contributed by atoms with E-state index in [0.29, 0.717) is 16.4 Å². The minimum absolute atomic E-state index is 0.346. The fraction of sp³-hybridized carbons (Fsp3) is 0.0667. The lowest BCUT2D eigenvalue weighted by molar-refractivity contribution is -0.115. The van der Waals surface area contributed by atoms with Crippen molar-refractivity contribution < 1.29 is 4.79 Å². The van der Waals surface area contributed by atoms with E-state index in [9.17, 15) is 4.79 Å². The first-order valence-corrected chi connectivity index (χ1v) is 6.84. The highest BCUT2D eigenvalue weighted by molar-refractivity contribution is 6.36. The van der Waals surface area contributed by atoms with Gasteiger partial charge in [0.05, 0.1) is 11.4 Å². The highest BCUT2D eigenvalue weighted by Crippen LogP contribution is 2.27. The van der Waals surface area contributed by atoms with Crippen molar-refractivity contribution in [2.24, 2.45) is 4.99 Å². The van der Waals surface area contributed by atoms with Crippen LogP contribution in [0, 0.1) is 0 Å². The second-order valence-electron chi connectivity index (χ2n) is 4.36. The largest absolute Gasteiger partial charge is 0.322 e. The number of nitrogens with one attached hydrogen (secondary N) is 1. The zero-order valence-electron chi connectivity index (χ0n) is 10.3. The number of carbonyl (C=O) groups excluding carboxylic acids is 1. The average molecular weight is 305 g/mol. The Labute approximate surface area is 126 Å². The van der Waals surface area contributed by atoms with E-state index in [0.717, 1.165) is 11.1 Å². The highest BCUT2D eigenvalue weighted by Gasteiger charge is 2.24. The molecule has 0 saturated heterocycles. The Morgan fingerprint density at radius 2 is 1.85 bits per heavy atom. The number of amides is 1. The summed E-state index contributed by atoms with van der Waals surface area (Å²) in [7, 11) is 0. The van der Waals surface area contributed by atoms with Crippen LogP contribution in [0.5, 0.6) is 0 Å². The van der Waals surface area contributed by atoms with Crippen LogP contribution in [-0.4, -0.2) is 17.1 Å². The van der Waals surface area contributed by atoms with Gasteiger partial charge in [-0.1, -0.05) is 53.5 Å². The van der Waals surface area contributed by atoms with E-state index in [1.54, 1.807) is 18.2 Å². The molecule has 0 saturated carbocycles. The van der Waals surface area contributed by atoms with Crippen molar-refractivity contribution in [3.05, 3.63) is 64.7 Å². The molecule has 3 rings (SSSR count). The van der Waals surface area contributed by atoms with Crippen LogP contribution in [-0.2, 0) is 4.79 Å². The third-order valence-electron chi connectivity index (χ3n) is 3.00.